The van der Waals surface area contributed by atoms with Crippen molar-refractivity contribution in [3.63, 3.8) is 0 Å². The van der Waals surface area contributed by atoms with Crippen LogP contribution in [0, 0.1) is 17.0 Å². The molecule has 3 aromatic rings. The van der Waals surface area contributed by atoms with Crippen LogP contribution < -0.4 is 25.7 Å². The molecule has 0 aliphatic carbocycles. The lowest BCUT2D eigenvalue weighted by molar-refractivity contribution is -0.384. The SMILES string of the molecule is Cc1ccc(NC(=S)N2C(=O)COc3cc(NC(=O)N/N=C\c4cccc([N+](=O)[O-])c4)ccc32)cc1. The van der Waals surface area contributed by atoms with Crippen molar-refractivity contribution in [2.75, 3.05) is 22.1 Å². The van der Waals surface area contributed by atoms with Gasteiger partial charge in [0.1, 0.15) is 5.75 Å². The van der Waals surface area contributed by atoms with Gasteiger partial charge in [-0.1, -0.05) is 29.8 Å². The van der Waals surface area contributed by atoms with Gasteiger partial charge in [-0.05, 0) is 43.4 Å². The molecule has 0 fully saturated rings. The Balaban J connectivity index is 1.41. The van der Waals surface area contributed by atoms with Crippen LogP contribution in [0.1, 0.15) is 11.1 Å². The number of nitro benzene ring substituents is 1. The number of hydrogen-bond donors (Lipinski definition) is 3. The number of carbonyl (C=O) groups is 2. The molecule has 1 aliphatic rings. The minimum absolute atomic E-state index is 0.0847. The van der Waals surface area contributed by atoms with Crippen molar-refractivity contribution < 1.29 is 19.2 Å². The Bertz CT molecular complexity index is 1380. The first-order valence-electron chi connectivity index (χ1n) is 10.6. The highest BCUT2D eigenvalue weighted by molar-refractivity contribution is 7.80. The molecule has 3 N–H and O–H groups in total. The number of nitro groups is 1. The fraction of sp³-hybridized carbons (Fsp3) is 0.0833. The molecule has 1 aliphatic heterocycles. The molecule has 182 valence electrons. The first-order valence-corrected chi connectivity index (χ1v) is 11.0. The second-order valence-corrected chi connectivity index (χ2v) is 8.06. The predicted molar refractivity (Wildman–Crippen MR) is 140 cm³/mol. The summed E-state index contributed by atoms with van der Waals surface area (Å²) < 4.78 is 5.54. The van der Waals surface area contributed by atoms with Gasteiger partial charge in [-0.25, -0.2) is 10.2 Å². The van der Waals surface area contributed by atoms with Crippen molar-refractivity contribution in [3.05, 3.63) is 88.0 Å². The van der Waals surface area contributed by atoms with Gasteiger partial charge in [0.2, 0.25) is 0 Å². The van der Waals surface area contributed by atoms with Crippen LogP contribution in [0.5, 0.6) is 5.75 Å². The van der Waals surface area contributed by atoms with Crippen LogP contribution in [0.3, 0.4) is 0 Å². The summed E-state index contributed by atoms with van der Waals surface area (Å²) in [7, 11) is 0. The number of aryl methyl sites for hydroxylation is 1. The monoisotopic (exact) mass is 504 g/mol. The zero-order valence-corrected chi connectivity index (χ0v) is 19.7. The largest absolute Gasteiger partial charge is 0.481 e. The van der Waals surface area contributed by atoms with Crippen molar-refractivity contribution in [2.24, 2.45) is 5.10 Å². The maximum Gasteiger partial charge on any atom is 0.339 e. The minimum Gasteiger partial charge on any atom is -0.481 e. The number of ether oxygens (including phenoxy) is 1. The van der Waals surface area contributed by atoms with Gasteiger partial charge in [0, 0.05) is 35.1 Å². The summed E-state index contributed by atoms with van der Waals surface area (Å²) in [6.07, 6.45) is 1.29. The molecule has 0 aromatic heterocycles. The van der Waals surface area contributed by atoms with Gasteiger partial charge < -0.3 is 15.4 Å². The molecule has 0 saturated heterocycles. The Kier molecular flexibility index (Phi) is 7.16. The van der Waals surface area contributed by atoms with Crippen LogP contribution in [-0.2, 0) is 4.79 Å². The highest BCUT2D eigenvalue weighted by atomic mass is 32.1. The number of rotatable bonds is 5. The first-order chi connectivity index (χ1) is 17.3. The van der Waals surface area contributed by atoms with Gasteiger partial charge in [-0.2, -0.15) is 5.10 Å². The molecular weight excluding hydrogens is 484 g/mol. The van der Waals surface area contributed by atoms with E-state index in [1.54, 1.807) is 24.3 Å². The number of benzene rings is 3. The molecule has 0 atom stereocenters. The molecular formula is C24H20N6O5S. The maximum atomic E-state index is 12.5. The topological polar surface area (TPSA) is 138 Å². The van der Waals surface area contributed by atoms with Gasteiger partial charge in [0.25, 0.3) is 11.6 Å². The first kappa shape index (κ1) is 24.3. The lowest BCUT2D eigenvalue weighted by Gasteiger charge is -2.30. The Morgan fingerprint density at radius 3 is 2.61 bits per heavy atom. The highest BCUT2D eigenvalue weighted by Gasteiger charge is 2.29. The van der Waals surface area contributed by atoms with E-state index in [9.17, 15) is 19.7 Å². The third kappa shape index (κ3) is 5.80. The standard InChI is InChI=1S/C24H20N6O5S/c1-15-5-7-17(8-6-15)27-24(36)29-20-10-9-18(12-21(20)35-14-22(29)31)26-23(32)28-25-13-16-3-2-4-19(11-16)30(33)34/h2-13H,14H2,1H3,(H,27,36)(H2,26,28,32)/b25-13-. The van der Waals surface area contributed by atoms with E-state index < -0.39 is 11.0 Å². The Hall–Kier alpha value is -4.84. The summed E-state index contributed by atoms with van der Waals surface area (Å²) in [5.74, 6) is 0.0293. The third-order valence-corrected chi connectivity index (χ3v) is 5.31. The predicted octanol–water partition coefficient (Wildman–Crippen LogP) is 4.18. The number of non-ortho nitro benzene ring substituents is 1. The molecule has 3 amide bonds. The molecule has 1 heterocycles. The number of amides is 3. The maximum absolute atomic E-state index is 12.5. The zero-order chi connectivity index (χ0) is 25.7. The number of fused-ring (bicyclic) bond motifs is 1. The molecule has 0 radical (unpaired) electrons. The zero-order valence-electron chi connectivity index (χ0n) is 18.9. The Morgan fingerprint density at radius 2 is 1.86 bits per heavy atom. The van der Waals surface area contributed by atoms with Crippen molar-refractivity contribution in [1.29, 1.82) is 0 Å². The van der Waals surface area contributed by atoms with Crippen LogP contribution >= 0.6 is 12.2 Å². The Labute approximate surface area is 210 Å². The summed E-state index contributed by atoms with van der Waals surface area (Å²) in [6.45, 7) is 1.76. The second kappa shape index (κ2) is 10.6. The summed E-state index contributed by atoms with van der Waals surface area (Å²) in [5.41, 5.74) is 5.32. The molecule has 3 aromatic carbocycles. The average Bonchev–Trinajstić information content (AvgIpc) is 2.85. The van der Waals surface area contributed by atoms with Crippen LogP contribution in [0.15, 0.2) is 71.8 Å². The number of nitrogens with zero attached hydrogens (tertiary/aromatic N) is 3. The second-order valence-electron chi connectivity index (χ2n) is 7.67. The van der Waals surface area contributed by atoms with Gasteiger partial charge in [0.05, 0.1) is 16.8 Å². The van der Waals surface area contributed by atoms with Crippen LogP contribution in [0.25, 0.3) is 0 Å². The minimum atomic E-state index is -0.642. The quantitative estimate of drug-likeness (QED) is 0.205. The molecule has 4 rings (SSSR count). The van der Waals surface area contributed by atoms with Gasteiger partial charge >= 0.3 is 6.03 Å². The van der Waals surface area contributed by atoms with E-state index in [1.807, 2.05) is 31.2 Å². The van der Waals surface area contributed by atoms with Crippen molar-refractivity contribution in [1.82, 2.24) is 5.43 Å². The van der Waals surface area contributed by atoms with E-state index in [0.29, 0.717) is 22.7 Å². The van der Waals surface area contributed by atoms with E-state index in [1.165, 1.54) is 29.3 Å². The van der Waals surface area contributed by atoms with Crippen molar-refractivity contribution >= 4 is 58.2 Å². The molecule has 36 heavy (non-hydrogen) atoms. The third-order valence-electron chi connectivity index (χ3n) is 5.03. The number of hydrazone groups is 1. The van der Waals surface area contributed by atoms with Gasteiger partial charge in [-0.3, -0.25) is 19.8 Å². The molecule has 0 unspecified atom stereocenters. The van der Waals surface area contributed by atoms with E-state index in [-0.39, 0.29) is 23.3 Å². The van der Waals surface area contributed by atoms with Crippen molar-refractivity contribution in [3.8, 4) is 5.75 Å². The summed E-state index contributed by atoms with van der Waals surface area (Å²) in [5, 5.41) is 20.5. The lowest BCUT2D eigenvalue weighted by atomic mass is 10.2. The van der Waals surface area contributed by atoms with Gasteiger partial charge in [0.15, 0.2) is 11.7 Å². The van der Waals surface area contributed by atoms with Crippen LogP contribution in [0.4, 0.5) is 27.5 Å². The number of urea groups is 1. The molecule has 0 saturated carbocycles. The summed E-state index contributed by atoms with van der Waals surface area (Å²) in [6, 6.07) is 17.5. The Morgan fingerprint density at radius 1 is 1.11 bits per heavy atom. The highest BCUT2D eigenvalue weighted by Crippen LogP contribution is 2.35. The average molecular weight is 505 g/mol. The van der Waals surface area contributed by atoms with Crippen LogP contribution in [-0.4, -0.2) is 34.8 Å². The summed E-state index contributed by atoms with van der Waals surface area (Å²) >= 11 is 5.46. The summed E-state index contributed by atoms with van der Waals surface area (Å²) in [4.78, 5) is 36.4. The molecule has 0 spiro atoms. The molecule has 12 heteroatoms. The fourth-order valence-corrected chi connectivity index (χ4v) is 3.63. The molecule has 11 nitrogen and oxygen atoms in total. The normalized spacial score (nSPS) is 12.5. The lowest BCUT2D eigenvalue weighted by Crippen LogP contribution is -2.45. The number of nitrogens with one attached hydrogen (secondary N) is 3. The van der Waals surface area contributed by atoms with E-state index >= 15 is 0 Å². The van der Waals surface area contributed by atoms with E-state index in [4.69, 9.17) is 17.0 Å². The fourth-order valence-electron chi connectivity index (χ4n) is 3.31. The van der Waals surface area contributed by atoms with Crippen LogP contribution in [0.2, 0.25) is 0 Å². The van der Waals surface area contributed by atoms with E-state index in [2.05, 4.69) is 21.2 Å². The smallest absolute Gasteiger partial charge is 0.339 e. The van der Waals surface area contributed by atoms with E-state index in [0.717, 1.165) is 11.3 Å². The number of anilines is 3. The van der Waals surface area contributed by atoms with Gasteiger partial charge in [-0.15, -0.1) is 0 Å². The molecule has 0 bridgehead atoms. The van der Waals surface area contributed by atoms with Crippen molar-refractivity contribution in [2.45, 2.75) is 6.92 Å². The number of hydrogen-bond acceptors (Lipinski definition) is 7. The number of carbonyl (C=O) groups excluding carboxylic acids is 2. The number of thiocarbonyl (C=S) groups is 1.